The second-order valence-electron chi connectivity index (χ2n) is 7.29. The van der Waals surface area contributed by atoms with Crippen molar-refractivity contribution in [2.75, 3.05) is 0 Å². The maximum atomic E-state index is 10.2. The smallest absolute Gasteiger partial charge is 0.116 e. The van der Waals surface area contributed by atoms with Gasteiger partial charge in [0, 0.05) is 9.79 Å². The molecule has 0 saturated carbocycles. The molecule has 0 amide bonds. The highest BCUT2D eigenvalue weighted by molar-refractivity contribution is 7.99. The van der Waals surface area contributed by atoms with E-state index in [1.807, 2.05) is 36.0 Å². The molecule has 0 radical (unpaired) electrons. The van der Waals surface area contributed by atoms with E-state index in [-0.39, 0.29) is 0 Å². The quantitative estimate of drug-likeness (QED) is 0.459. The van der Waals surface area contributed by atoms with Gasteiger partial charge in [-0.25, -0.2) is 0 Å². The topological polar surface area (TPSA) is 40.5 Å². The Balaban J connectivity index is 2.60. The summed E-state index contributed by atoms with van der Waals surface area (Å²) < 4.78 is 0. The van der Waals surface area contributed by atoms with Crippen LogP contribution in [0.3, 0.4) is 0 Å². The molecule has 0 aromatic heterocycles. The fraction of sp³-hybridized carbons (Fsp3) is 0.500. The van der Waals surface area contributed by atoms with Gasteiger partial charge in [0.15, 0.2) is 0 Å². The first-order valence-corrected chi connectivity index (χ1v) is 11.2. The lowest BCUT2D eigenvalue weighted by atomic mass is 10.0. The molecule has 2 rings (SSSR count). The molecule has 0 aliphatic heterocycles. The van der Waals surface area contributed by atoms with E-state index < -0.39 is 0 Å². The van der Waals surface area contributed by atoms with Gasteiger partial charge in [0.1, 0.15) is 11.5 Å². The van der Waals surface area contributed by atoms with Crippen molar-refractivity contribution in [3.05, 3.63) is 46.5 Å². The number of phenolic OH excluding ortho intramolecular Hbond substituents is 2. The van der Waals surface area contributed by atoms with E-state index in [2.05, 4.69) is 27.7 Å². The van der Waals surface area contributed by atoms with Crippen LogP contribution in [0.2, 0.25) is 0 Å². The molecule has 3 heteroatoms. The highest BCUT2D eigenvalue weighted by atomic mass is 32.2. The fourth-order valence-electron chi connectivity index (χ4n) is 3.66. The van der Waals surface area contributed by atoms with Gasteiger partial charge < -0.3 is 10.2 Å². The SMILES string of the molecule is CCCc1cc(O)cc(CCC)c1Sc1c(CCC)cc(O)cc1CCC. The summed E-state index contributed by atoms with van der Waals surface area (Å²) in [5, 5.41) is 20.4. The number of phenols is 2. The van der Waals surface area contributed by atoms with Crippen LogP contribution in [-0.2, 0) is 25.7 Å². The van der Waals surface area contributed by atoms with Gasteiger partial charge in [-0.15, -0.1) is 0 Å². The normalized spacial score (nSPS) is 11.1. The largest absolute Gasteiger partial charge is 0.508 e. The zero-order valence-corrected chi connectivity index (χ0v) is 18.1. The van der Waals surface area contributed by atoms with Crippen LogP contribution in [0, 0.1) is 0 Å². The Morgan fingerprint density at radius 3 is 1.04 bits per heavy atom. The van der Waals surface area contributed by atoms with Crippen LogP contribution in [0.5, 0.6) is 11.5 Å². The predicted molar refractivity (Wildman–Crippen MR) is 116 cm³/mol. The van der Waals surface area contributed by atoms with E-state index in [4.69, 9.17) is 0 Å². The van der Waals surface area contributed by atoms with Crippen molar-refractivity contribution < 1.29 is 10.2 Å². The third-order valence-corrected chi connectivity index (χ3v) is 6.19. The standard InChI is InChI=1S/C24H34O2S/c1-5-9-17-13-21(25)14-18(10-6-2)23(17)27-24-19(11-7-3)15-22(26)16-20(24)12-8-4/h13-16,25-26H,5-12H2,1-4H3. The molecule has 0 unspecified atom stereocenters. The van der Waals surface area contributed by atoms with E-state index in [1.54, 1.807) is 0 Å². The average Bonchev–Trinajstić information content (AvgIpc) is 2.60. The first-order chi connectivity index (χ1) is 13.0. The van der Waals surface area contributed by atoms with Gasteiger partial charge in [-0.3, -0.25) is 0 Å². The number of hydrogen-bond donors (Lipinski definition) is 2. The number of benzene rings is 2. The van der Waals surface area contributed by atoms with Crippen LogP contribution >= 0.6 is 11.8 Å². The summed E-state index contributed by atoms with van der Waals surface area (Å²) in [6.45, 7) is 8.74. The summed E-state index contributed by atoms with van der Waals surface area (Å²) in [6.07, 6.45) is 8.11. The average molecular weight is 387 g/mol. The Bertz CT molecular complexity index is 635. The van der Waals surface area contributed by atoms with E-state index in [0.29, 0.717) is 11.5 Å². The van der Waals surface area contributed by atoms with Gasteiger partial charge in [0.2, 0.25) is 0 Å². The summed E-state index contributed by atoms with van der Waals surface area (Å²) in [5.74, 6) is 0.749. The Morgan fingerprint density at radius 2 is 0.815 bits per heavy atom. The highest BCUT2D eigenvalue weighted by Crippen LogP contribution is 2.42. The van der Waals surface area contributed by atoms with Crippen molar-refractivity contribution in [1.82, 2.24) is 0 Å². The second kappa shape index (κ2) is 10.7. The summed E-state index contributed by atoms with van der Waals surface area (Å²) >= 11 is 1.85. The first kappa shape index (κ1) is 21.7. The van der Waals surface area contributed by atoms with Crippen LogP contribution in [0.4, 0.5) is 0 Å². The minimum Gasteiger partial charge on any atom is -0.508 e. The van der Waals surface area contributed by atoms with Crippen LogP contribution < -0.4 is 0 Å². The molecule has 2 N–H and O–H groups in total. The van der Waals surface area contributed by atoms with Crippen molar-refractivity contribution in [2.45, 2.75) is 88.9 Å². The molecule has 0 spiro atoms. The Hall–Kier alpha value is -1.61. The fourth-order valence-corrected chi connectivity index (χ4v) is 5.03. The lowest BCUT2D eigenvalue weighted by Crippen LogP contribution is -1.99. The first-order valence-electron chi connectivity index (χ1n) is 10.4. The maximum absolute atomic E-state index is 10.2. The lowest BCUT2D eigenvalue weighted by molar-refractivity contribution is 0.472. The van der Waals surface area contributed by atoms with Crippen molar-refractivity contribution in [2.24, 2.45) is 0 Å². The van der Waals surface area contributed by atoms with E-state index in [0.717, 1.165) is 51.4 Å². The van der Waals surface area contributed by atoms with Gasteiger partial charge in [-0.1, -0.05) is 65.1 Å². The Morgan fingerprint density at radius 1 is 0.556 bits per heavy atom. The van der Waals surface area contributed by atoms with Gasteiger partial charge in [0.25, 0.3) is 0 Å². The summed E-state index contributed by atoms with van der Waals surface area (Å²) in [6, 6.07) is 7.74. The van der Waals surface area contributed by atoms with Crippen LogP contribution in [0.15, 0.2) is 34.1 Å². The zero-order chi connectivity index (χ0) is 19.8. The van der Waals surface area contributed by atoms with Crippen molar-refractivity contribution >= 4 is 11.8 Å². The monoisotopic (exact) mass is 386 g/mol. The van der Waals surface area contributed by atoms with Crippen molar-refractivity contribution in [1.29, 1.82) is 0 Å². The summed E-state index contributed by atoms with van der Waals surface area (Å²) in [5.41, 5.74) is 4.96. The number of aryl methyl sites for hydroxylation is 4. The molecule has 0 aliphatic rings. The van der Waals surface area contributed by atoms with E-state index in [9.17, 15) is 10.2 Å². The Labute approximate surface area is 169 Å². The molecular formula is C24H34O2S. The molecule has 2 aromatic rings. The minimum atomic E-state index is 0.375. The van der Waals surface area contributed by atoms with E-state index in [1.165, 1.54) is 32.0 Å². The molecule has 0 aliphatic carbocycles. The Kier molecular flexibility index (Phi) is 8.56. The number of hydrogen-bond acceptors (Lipinski definition) is 3. The molecule has 27 heavy (non-hydrogen) atoms. The van der Waals surface area contributed by atoms with Crippen molar-refractivity contribution in [3.8, 4) is 11.5 Å². The van der Waals surface area contributed by atoms with Crippen LogP contribution in [0.25, 0.3) is 0 Å². The highest BCUT2D eigenvalue weighted by Gasteiger charge is 2.17. The lowest BCUT2D eigenvalue weighted by Gasteiger charge is -2.19. The van der Waals surface area contributed by atoms with Crippen LogP contribution in [0.1, 0.15) is 75.6 Å². The number of aromatic hydroxyl groups is 2. The second-order valence-corrected chi connectivity index (χ2v) is 8.31. The molecule has 2 nitrogen and oxygen atoms in total. The van der Waals surface area contributed by atoms with Gasteiger partial charge >= 0.3 is 0 Å². The number of rotatable bonds is 10. The zero-order valence-electron chi connectivity index (χ0n) is 17.3. The molecule has 148 valence electrons. The van der Waals surface area contributed by atoms with E-state index >= 15 is 0 Å². The van der Waals surface area contributed by atoms with Crippen molar-refractivity contribution in [3.63, 3.8) is 0 Å². The van der Waals surface area contributed by atoms with Crippen LogP contribution in [-0.4, -0.2) is 10.2 Å². The molecule has 0 bridgehead atoms. The molecule has 2 aromatic carbocycles. The predicted octanol–water partition coefficient (Wildman–Crippen LogP) is 7.06. The molecular weight excluding hydrogens is 352 g/mol. The molecule has 0 heterocycles. The van der Waals surface area contributed by atoms with Gasteiger partial charge in [-0.05, 0) is 72.2 Å². The molecule has 0 saturated heterocycles. The van der Waals surface area contributed by atoms with Gasteiger partial charge in [0.05, 0.1) is 0 Å². The third kappa shape index (κ3) is 5.68. The van der Waals surface area contributed by atoms with Gasteiger partial charge in [-0.2, -0.15) is 0 Å². The third-order valence-electron chi connectivity index (χ3n) is 4.74. The maximum Gasteiger partial charge on any atom is 0.116 e. The summed E-state index contributed by atoms with van der Waals surface area (Å²) in [4.78, 5) is 2.61. The molecule has 0 fully saturated rings. The minimum absolute atomic E-state index is 0.375. The summed E-state index contributed by atoms with van der Waals surface area (Å²) in [7, 11) is 0. The molecule has 0 atom stereocenters.